The number of nitriles is 1. The van der Waals surface area contributed by atoms with Crippen LogP contribution >= 0.6 is 0 Å². The SMILES string of the molecule is CCCc1c(OCc2cccc(NC(=O)c3ccc(C#N)cc3)c2)ccc(C(C)=O)c1O. The molecule has 0 saturated heterocycles. The third kappa shape index (κ3) is 5.32. The van der Waals surface area contributed by atoms with Gasteiger partial charge in [-0.15, -0.1) is 0 Å². The number of ketones is 1. The first kappa shape index (κ1) is 22.6. The number of benzene rings is 3. The number of nitrogens with zero attached hydrogens (tertiary/aromatic N) is 1. The molecular formula is C26H24N2O4. The first-order valence-electron chi connectivity index (χ1n) is 10.3. The summed E-state index contributed by atoms with van der Waals surface area (Å²) in [6, 6.07) is 19.0. The van der Waals surface area contributed by atoms with E-state index in [1.807, 2.05) is 31.2 Å². The third-order valence-corrected chi connectivity index (χ3v) is 4.97. The molecule has 0 saturated carbocycles. The summed E-state index contributed by atoms with van der Waals surface area (Å²) in [4.78, 5) is 24.2. The highest BCUT2D eigenvalue weighted by molar-refractivity contribution is 6.04. The smallest absolute Gasteiger partial charge is 0.255 e. The molecule has 162 valence electrons. The van der Waals surface area contributed by atoms with Crippen molar-refractivity contribution in [2.75, 3.05) is 5.32 Å². The van der Waals surface area contributed by atoms with Gasteiger partial charge in [0.1, 0.15) is 18.1 Å². The summed E-state index contributed by atoms with van der Waals surface area (Å²) in [5.41, 5.74) is 3.30. The molecule has 0 unspecified atom stereocenters. The van der Waals surface area contributed by atoms with E-state index in [0.717, 1.165) is 12.0 Å². The maximum Gasteiger partial charge on any atom is 0.255 e. The van der Waals surface area contributed by atoms with Crippen molar-refractivity contribution in [1.29, 1.82) is 5.26 Å². The third-order valence-electron chi connectivity index (χ3n) is 4.97. The second-order valence-electron chi connectivity index (χ2n) is 7.38. The van der Waals surface area contributed by atoms with Gasteiger partial charge in [-0.25, -0.2) is 0 Å². The number of Topliss-reactive ketones (excluding diaryl/α,β-unsaturated/α-hetero) is 1. The normalized spacial score (nSPS) is 10.3. The van der Waals surface area contributed by atoms with Crippen molar-refractivity contribution < 1.29 is 19.4 Å². The number of anilines is 1. The van der Waals surface area contributed by atoms with Crippen LogP contribution < -0.4 is 10.1 Å². The Morgan fingerprint density at radius 3 is 2.50 bits per heavy atom. The van der Waals surface area contributed by atoms with Gasteiger partial charge in [0, 0.05) is 16.8 Å². The topological polar surface area (TPSA) is 99.4 Å². The fourth-order valence-electron chi connectivity index (χ4n) is 3.33. The minimum atomic E-state index is -0.275. The van der Waals surface area contributed by atoms with Crippen molar-refractivity contribution in [3.63, 3.8) is 0 Å². The molecule has 6 nitrogen and oxygen atoms in total. The summed E-state index contributed by atoms with van der Waals surface area (Å²) in [6.45, 7) is 3.64. The zero-order valence-corrected chi connectivity index (χ0v) is 18.0. The largest absolute Gasteiger partial charge is 0.507 e. The van der Waals surface area contributed by atoms with Crippen LogP contribution in [0.2, 0.25) is 0 Å². The number of hydrogen-bond acceptors (Lipinski definition) is 5. The van der Waals surface area contributed by atoms with Gasteiger partial charge in [-0.05, 0) is 67.4 Å². The van der Waals surface area contributed by atoms with Gasteiger partial charge in [0.2, 0.25) is 0 Å². The lowest BCUT2D eigenvalue weighted by atomic mass is 10.0. The summed E-state index contributed by atoms with van der Waals surface area (Å²) in [7, 11) is 0. The van der Waals surface area contributed by atoms with Crippen LogP contribution in [0, 0.1) is 11.3 Å². The summed E-state index contributed by atoms with van der Waals surface area (Å²) >= 11 is 0. The molecule has 3 aromatic rings. The molecule has 32 heavy (non-hydrogen) atoms. The van der Waals surface area contributed by atoms with Crippen LogP contribution in [0.25, 0.3) is 0 Å². The number of nitrogens with one attached hydrogen (secondary N) is 1. The molecule has 2 N–H and O–H groups in total. The van der Waals surface area contributed by atoms with Crippen molar-refractivity contribution in [3.05, 3.63) is 88.5 Å². The average Bonchev–Trinajstić information content (AvgIpc) is 2.79. The number of hydrogen-bond donors (Lipinski definition) is 2. The van der Waals surface area contributed by atoms with Crippen LogP contribution in [-0.2, 0) is 13.0 Å². The molecule has 0 fully saturated rings. The van der Waals surface area contributed by atoms with Crippen molar-refractivity contribution in [2.24, 2.45) is 0 Å². The Balaban J connectivity index is 1.72. The van der Waals surface area contributed by atoms with Crippen LogP contribution in [0.4, 0.5) is 5.69 Å². The number of carbonyl (C=O) groups is 2. The molecule has 0 aliphatic carbocycles. The standard InChI is InChI=1S/C26H24N2O4/c1-3-5-23-24(13-12-22(17(2)29)25(23)30)32-16-19-6-4-7-21(14-19)28-26(31)20-10-8-18(15-27)9-11-20/h4,6-14,30H,3,5,16H2,1-2H3,(H,28,31). The summed E-state index contributed by atoms with van der Waals surface area (Å²) in [5, 5.41) is 22.2. The number of rotatable bonds is 8. The number of aromatic hydroxyl groups is 1. The van der Waals surface area contributed by atoms with Gasteiger partial charge in [-0.3, -0.25) is 9.59 Å². The van der Waals surface area contributed by atoms with E-state index in [0.29, 0.717) is 34.5 Å². The van der Waals surface area contributed by atoms with Crippen LogP contribution in [0.3, 0.4) is 0 Å². The second kappa shape index (κ2) is 10.3. The van der Waals surface area contributed by atoms with Crippen molar-refractivity contribution in [3.8, 4) is 17.6 Å². The average molecular weight is 428 g/mol. The Hall–Kier alpha value is -4.11. The highest BCUT2D eigenvalue weighted by Gasteiger charge is 2.16. The van der Waals surface area contributed by atoms with Crippen LogP contribution in [0.1, 0.15) is 57.7 Å². The van der Waals surface area contributed by atoms with E-state index in [1.54, 1.807) is 42.5 Å². The lowest BCUT2D eigenvalue weighted by Gasteiger charge is -2.15. The van der Waals surface area contributed by atoms with Crippen LogP contribution in [0.5, 0.6) is 11.5 Å². The molecule has 0 aromatic heterocycles. The van der Waals surface area contributed by atoms with Crippen molar-refractivity contribution in [2.45, 2.75) is 33.3 Å². The lowest BCUT2D eigenvalue weighted by molar-refractivity contribution is 0.101. The minimum Gasteiger partial charge on any atom is -0.507 e. The van der Waals surface area contributed by atoms with Crippen molar-refractivity contribution >= 4 is 17.4 Å². The van der Waals surface area contributed by atoms with E-state index < -0.39 is 0 Å². The Labute approximate surface area is 187 Å². The number of phenols is 1. The number of ether oxygens (including phenoxy) is 1. The predicted molar refractivity (Wildman–Crippen MR) is 122 cm³/mol. The minimum absolute atomic E-state index is 0.0275. The maximum atomic E-state index is 12.5. The van der Waals surface area contributed by atoms with E-state index in [9.17, 15) is 14.7 Å². The molecule has 0 heterocycles. The number of phenolic OH excluding ortho intramolecular Hbond substituents is 1. The monoisotopic (exact) mass is 428 g/mol. The fraction of sp³-hybridized carbons (Fsp3) is 0.192. The molecule has 0 spiro atoms. The molecule has 0 radical (unpaired) electrons. The van der Waals surface area contributed by atoms with E-state index in [4.69, 9.17) is 10.00 Å². The van der Waals surface area contributed by atoms with Gasteiger partial charge in [0.25, 0.3) is 5.91 Å². The quantitative estimate of drug-likeness (QED) is 0.477. The fourth-order valence-corrected chi connectivity index (χ4v) is 3.33. The van der Waals surface area contributed by atoms with Crippen LogP contribution in [0.15, 0.2) is 60.7 Å². The Kier molecular flexibility index (Phi) is 7.25. The van der Waals surface area contributed by atoms with Gasteiger partial charge in [0.15, 0.2) is 5.78 Å². The van der Waals surface area contributed by atoms with Crippen LogP contribution in [-0.4, -0.2) is 16.8 Å². The first-order valence-corrected chi connectivity index (χ1v) is 10.3. The number of amides is 1. The summed E-state index contributed by atoms with van der Waals surface area (Å²) in [5.74, 6) is 0.0290. The highest BCUT2D eigenvalue weighted by Crippen LogP contribution is 2.33. The Bertz CT molecular complexity index is 1180. The zero-order chi connectivity index (χ0) is 23.1. The molecule has 0 aliphatic heterocycles. The summed E-state index contributed by atoms with van der Waals surface area (Å²) in [6.07, 6.45) is 1.38. The second-order valence-corrected chi connectivity index (χ2v) is 7.38. The molecule has 0 aliphatic rings. The van der Waals surface area contributed by atoms with Gasteiger partial charge in [-0.1, -0.05) is 25.5 Å². The molecule has 1 amide bonds. The van der Waals surface area contributed by atoms with E-state index in [1.165, 1.54) is 6.92 Å². The zero-order valence-electron chi connectivity index (χ0n) is 18.0. The Morgan fingerprint density at radius 1 is 1.09 bits per heavy atom. The van der Waals surface area contributed by atoms with Gasteiger partial charge in [0.05, 0.1) is 17.2 Å². The lowest BCUT2D eigenvalue weighted by Crippen LogP contribution is -2.12. The van der Waals surface area contributed by atoms with E-state index >= 15 is 0 Å². The van der Waals surface area contributed by atoms with E-state index in [2.05, 4.69) is 5.32 Å². The maximum absolute atomic E-state index is 12.5. The predicted octanol–water partition coefficient (Wildman–Crippen LogP) is 5.25. The Morgan fingerprint density at radius 2 is 1.84 bits per heavy atom. The van der Waals surface area contributed by atoms with E-state index in [-0.39, 0.29) is 29.6 Å². The molecular weight excluding hydrogens is 404 g/mol. The molecule has 0 bridgehead atoms. The molecule has 0 atom stereocenters. The molecule has 3 rings (SSSR count). The van der Waals surface area contributed by atoms with Gasteiger partial charge >= 0.3 is 0 Å². The first-order chi connectivity index (χ1) is 15.4. The number of carbonyl (C=O) groups excluding carboxylic acids is 2. The van der Waals surface area contributed by atoms with Gasteiger partial charge < -0.3 is 15.2 Å². The molecule has 6 heteroatoms. The highest BCUT2D eigenvalue weighted by atomic mass is 16.5. The van der Waals surface area contributed by atoms with Gasteiger partial charge in [-0.2, -0.15) is 5.26 Å². The molecule has 3 aromatic carbocycles. The summed E-state index contributed by atoms with van der Waals surface area (Å²) < 4.78 is 5.95. The van der Waals surface area contributed by atoms with Crippen molar-refractivity contribution in [1.82, 2.24) is 0 Å².